The van der Waals surface area contributed by atoms with E-state index in [1.807, 2.05) is 0 Å². The van der Waals surface area contributed by atoms with Crippen LogP contribution in [0.25, 0.3) is 0 Å². The molecule has 0 bridgehead atoms. The number of imide groups is 1. The van der Waals surface area contributed by atoms with Gasteiger partial charge in [0, 0.05) is 17.0 Å². The maximum atomic E-state index is 12.3. The van der Waals surface area contributed by atoms with E-state index in [0.717, 1.165) is 4.90 Å². The summed E-state index contributed by atoms with van der Waals surface area (Å²) in [5.74, 6) is -1.46. The molecule has 0 aliphatic rings. The monoisotopic (exact) mass is 283 g/mol. The van der Waals surface area contributed by atoms with E-state index >= 15 is 0 Å². The van der Waals surface area contributed by atoms with Crippen LogP contribution < -0.4 is 0 Å². The van der Waals surface area contributed by atoms with Gasteiger partial charge in [0.2, 0.25) is 5.91 Å². The Morgan fingerprint density at radius 3 is 1.85 bits per heavy atom. The number of ether oxygens (including phenoxy) is 1. The molecule has 20 heavy (non-hydrogen) atoms. The maximum Gasteiger partial charge on any atom is 0.333 e. The first-order chi connectivity index (χ1) is 8.89. The summed E-state index contributed by atoms with van der Waals surface area (Å²) in [6.07, 6.45) is -1.02. The van der Waals surface area contributed by atoms with Crippen molar-refractivity contribution < 1.29 is 19.1 Å². The van der Waals surface area contributed by atoms with E-state index < -0.39 is 23.4 Å². The summed E-state index contributed by atoms with van der Waals surface area (Å²) in [5, 5.41) is 0. The van der Waals surface area contributed by atoms with Gasteiger partial charge in [0.15, 0.2) is 6.10 Å². The van der Waals surface area contributed by atoms with Crippen molar-refractivity contribution in [3.8, 4) is 0 Å². The fraction of sp³-hybridized carbons (Fsp3) is 0.667. The van der Waals surface area contributed by atoms with Crippen molar-refractivity contribution in [1.29, 1.82) is 0 Å². The number of carbonyl (C=O) groups excluding carboxylic acids is 3. The third-order valence-corrected chi connectivity index (χ3v) is 2.59. The lowest BCUT2D eigenvalue weighted by atomic mass is 9.93. The second-order valence-electron chi connectivity index (χ2n) is 6.19. The quantitative estimate of drug-likeness (QED) is 0.586. The topological polar surface area (TPSA) is 63.7 Å². The molecule has 0 aromatic rings. The fourth-order valence-electron chi connectivity index (χ4n) is 1.46. The second-order valence-corrected chi connectivity index (χ2v) is 6.19. The van der Waals surface area contributed by atoms with Crippen molar-refractivity contribution in [3.63, 3.8) is 0 Å². The highest BCUT2D eigenvalue weighted by atomic mass is 16.5. The zero-order valence-corrected chi connectivity index (χ0v) is 13.4. The molecule has 0 heterocycles. The Morgan fingerprint density at radius 1 is 1.10 bits per heavy atom. The average molecular weight is 283 g/mol. The largest absolute Gasteiger partial charge is 0.449 e. The Morgan fingerprint density at radius 2 is 1.55 bits per heavy atom. The molecule has 0 radical (unpaired) electrons. The van der Waals surface area contributed by atoms with Crippen LogP contribution in [0.3, 0.4) is 0 Å². The SMILES string of the molecule is C=C(C)C(=O)OC(C)C(=O)N(C(=O)C(C)(C)C)C(C)C. The van der Waals surface area contributed by atoms with Crippen LogP contribution in [0.15, 0.2) is 12.2 Å². The fourth-order valence-corrected chi connectivity index (χ4v) is 1.46. The van der Waals surface area contributed by atoms with Crippen LogP contribution in [-0.4, -0.2) is 34.8 Å². The van der Waals surface area contributed by atoms with Crippen LogP contribution in [0, 0.1) is 5.41 Å². The molecule has 0 N–H and O–H groups in total. The Hall–Kier alpha value is -1.65. The van der Waals surface area contributed by atoms with E-state index in [1.54, 1.807) is 34.6 Å². The molecule has 0 saturated carbocycles. The van der Waals surface area contributed by atoms with E-state index in [2.05, 4.69) is 6.58 Å². The number of rotatable bonds is 4. The van der Waals surface area contributed by atoms with Crippen LogP contribution in [0.2, 0.25) is 0 Å². The second kappa shape index (κ2) is 6.68. The molecule has 5 nitrogen and oxygen atoms in total. The standard InChI is InChI=1S/C15H25NO4/c1-9(2)13(18)20-11(5)12(17)16(10(3)4)14(19)15(6,7)8/h10-11H,1H2,2-8H3. The minimum atomic E-state index is -1.02. The van der Waals surface area contributed by atoms with Gasteiger partial charge in [-0.25, -0.2) is 4.79 Å². The van der Waals surface area contributed by atoms with Crippen molar-refractivity contribution in [2.24, 2.45) is 5.41 Å². The third kappa shape index (κ3) is 4.79. The summed E-state index contributed by atoms with van der Waals surface area (Å²) < 4.78 is 4.99. The van der Waals surface area contributed by atoms with E-state index in [4.69, 9.17) is 4.74 Å². The molecular weight excluding hydrogens is 258 g/mol. The predicted octanol–water partition coefficient (Wildman–Crippen LogP) is 2.30. The first-order valence-corrected chi connectivity index (χ1v) is 6.63. The van der Waals surface area contributed by atoms with Crippen molar-refractivity contribution in [2.45, 2.75) is 60.6 Å². The Balaban J connectivity index is 5.14. The van der Waals surface area contributed by atoms with Gasteiger partial charge in [-0.1, -0.05) is 27.4 Å². The molecule has 0 spiro atoms. The Kier molecular flexibility index (Phi) is 6.13. The molecule has 2 amide bonds. The van der Waals surface area contributed by atoms with Gasteiger partial charge in [0.25, 0.3) is 5.91 Å². The van der Waals surface area contributed by atoms with Gasteiger partial charge in [0.05, 0.1) is 0 Å². The van der Waals surface area contributed by atoms with E-state index in [1.165, 1.54) is 13.8 Å². The zero-order valence-electron chi connectivity index (χ0n) is 13.4. The zero-order chi connectivity index (χ0) is 16.2. The summed E-state index contributed by atoms with van der Waals surface area (Å²) in [7, 11) is 0. The molecule has 0 rings (SSSR count). The first-order valence-electron chi connectivity index (χ1n) is 6.63. The summed E-state index contributed by atoms with van der Waals surface area (Å²) in [5.41, 5.74) is -0.472. The molecule has 0 aromatic carbocycles. The number of amides is 2. The highest BCUT2D eigenvalue weighted by molar-refractivity contribution is 6.00. The van der Waals surface area contributed by atoms with Gasteiger partial charge in [-0.05, 0) is 27.7 Å². The molecule has 0 saturated heterocycles. The smallest absolute Gasteiger partial charge is 0.333 e. The Labute approximate surface area is 121 Å². The molecule has 0 aliphatic carbocycles. The number of carbonyl (C=O) groups is 3. The highest BCUT2D eigenvalue weighted by Gasteiger charge is 2.36. The molecule has 5 heteroatoms. The molecule has 0 aliphatic heterocycles. The summed E-state index contributed by atoms with van der Waals surface area (Å²) in [6, 6.07) is -0.305. The summed E-state index contributed by atoms with van der Waals surface area (Å²) in [6.45, 7) is 15.1. The van der Waals surface area contributed by atoms with Crippen LogP contribution in [0.1, 0.15) is 48.5 Å². The minimum Gasteiger partial charge on any atom is -0.449 e. The van der Waals surface area contributed by atoms with Crippen LogP contribution in [0.5, 0.6) is 0 Å². The van der Waals surface area contributed by atoms with Gasteiger partial charge in [-0.3, -0.25) is 14.5 Å². The van der Waals surface area contributed by atoms with E-state index in [9.17, 15) is 14.4 Å². The molecular formula is C15H25NO4. The lowest BCUT2D eigenvalue weighted by Crippen LogP contribution is -2.51. The molecule has 1 unspecified atom stereocenters. The van der Waals surface area contributed by atoms with E-state index in [0.29, 0.717) is 0 Å². The van der Waals surface area contributed by atoms with Crippen molar-refractivity contribution in [2.75, 3.05) is 0 Å². The van der Waals surface area contributed by atoms with Crippen molar-refractivity contribution >= 4 is 17.8 Å². The minimum absolute atomic E-state index is 0.211. The first kappa shape index (κ1) is 18.4. The van der Waals surface area contributed by atoms with Crippen molar-refractivity contribution in [1.82, 2.24) is 4.90 Å². The van der Waals surface area contributed by atoms with Crippen molar-refractivity contribution in [3.05, 3.63) is 12.2 Å². The Bertz CT molecular complexity index is 418. The molecule has 0 fully saturated rings. The molecule has 114 valence electrons. The van der Waals surface area contributed by atoms with Crippen LogP contribution in [0.4, 0.5) is 0 Å². The van der Waals surface area contributed by atoms with Gasteiger partial charge in [0.1, 0.15) is 0 Å². The van der Waals surface area contributed by atoms with Gasteiger partial charge in [-0.15, -0.1) is 0 Å². The average Bonchev–Trinajstić information content (AvgIpc) is 2.26. The number of hydrogen-bond donors (Lipinski definition) is 0. The van der Waals surface area contributed by atoms with Crippen LogP contribution >= 0.6 is 0 Å². The normalized spacial score (nSPS) is 12.8. The maximum absolute atomic E-state index is 12.3. The van der Waals surface area contributed by atoms with Gasteiger partial charge < -0.3 is 4.74 Å². The van der Waals surface area contributed by atoms with E-state index in [-0.39, 0.29) is 17.5 Å². The van der Waals surface area contributed by atoms with Crippen LogP contribution in [-0.2, 0) is 19.1 Å². The number of nitrogens with zero attached hydrogens (tertiary/aromatic N) is 1. The highest BCUT2D eigenvalue weighted by Crippen LogP contribution is 2.20. The molecule has 1 atom stereocenters. The summed E-state index contributed by atoms with van der Waals surface area (Å²) >= 11 is 0. The number of hydrogen-bond acceptors (Lipinski definition) is 4. The van der Waals surface area contributed by atoms with Gasteiger partial charge in [-0.2, -0.15) is 0 Å². The van der Waals surface area contributed by atoms with Gasteiger partial charge >= 0.3 is 5.97 Å². The third-order valence-electron chi connectivity index (χ3n) is 2.59. The molecule has 0 aromatic heterocycles. The predicted molar refractivity (Wildman–Crippen MR) is 76.8 cm³/mol. The lowest BCUT2D eigenvalue weighted by Gasteiger charge is -2.32. The number of esters is 1. The lowest BCUT2D eigenvalue weighted by molar-refractivity contribution is -0.164. The summed E-state index contributed by atoms with van der Waals surface area (Å²) in [4.78, 5) is 37.2.